The molecule has 1 saturated heterocycles. The van der Waals surface area contributed by atoms with Crippen molar-refractivity contribution in [3.05, 3.63) is 0 Å². The van der Waals surface area contributed by atoms with E-state index in [1.807, 2.05) is 0 Å². The first-order chi connectivity index (χ1) is 4.75. The van der Waals surface area contributed by atoms with Crippen molar-refractivity contribution in [2.24, 2.45) is 5.73 Å². The molecule has 1 rings (SSSR count). The maximum absolute atomic E-state index is 10.4. The number of carbonyl (C=O) groups is 1. The summed E-state index contributed by atoms with van der Waals surface area (Å²) in [5.41, 5.74) is 5.34. The van der Waals surface area contributed by atoms with Crippen LogP contribution in [0.1, 0.15) is 0 Å². The van der Waals surface area contributed by atoms with E-state index in [0.29, 0.717) is 12.4 Å². The van der Waals surface area contributed by atoms with Crippen LogP contribution in [0.2, 0.25) is 0 Å². The highest BCUT2D eigenvalue weighted by molar-refractivity contribution is 7.99. The summed E-state index contributed by atoms with van der Waals surface area (Å²) in [6, 6.07) is 0.0301. The first-order valence-electron chi connectivity index (χ1n) is 3.03. The van der Waals surface area contributed by atoms with Gasteiger partial charge in [0, 0.05) is 12.3 Å². The SMILES string of the molecule is NCC1CSCN1C(=O)O. The normalized spacial score (nSPS) is 25.3. The lowest BCUT2D eigenvalue weighted by atomic mass is 10.3. The van der Waals surface area contributed by atoms with Crippen LogP contribution < -0.4 is 5.73 Å². The lowest BCUT2D eigenvalue weighted by Crippen LogP contribution is -2.40. The summed E-state index contributed by atoms with van der Waals surface area (Å²) in [7, 11) is 0. The standard InChI is InChI=1S/C5H10N2O2S/c6-1-4-2-10-3-7(4)5(8)9/h4H,1-3,6H2,(H,8,9). The minimum absolute atomic E-state index is 0.0301. The van der Waals surface area contributed by atoms with Gasteiger partial charge in [-0.15, -0.1) is 11.8 Å². The van der Waals surface area contributed by atoms with E-state index in [2.05, 4.69) is 0 Å². The van der Waals surface area contributed by atoms with Gasteiger partial charge in [-0.2, -0.15) is 0 Å². The summed E-state index contributed by atoms with van der Waals surface area (Å²) >= 11 is 1.61. The average molecular weight is 162 g/mol. The fourth-order valence-corrected chi connectivity index (χ4v) is 2.10. The highest BCUT2D eigenvalue weighted by Crippen LogP contribution is 2.19. The molecule has 1 aliphatic heterocycles. The third-order valence-corrected chi connectivity index (χ3v) is 2.58. The molecule has 0 aromatic rings. The van der Waals surface area contributed by atoms with E-state index >= 15 is 0 Å². The molecule has 1 fully saturated rings. The second-order valence-corrected chi connectivity index (χ2v) is 3.14. The summed E-state index contributed by atoms with van der Waals surface area (Å²) in [5.74, 6) is 1.40. The van der Waals surface area contributed by atoms with Crippen molar-refractivity contribution in [3.63, 3.8) is 0 Å². The second-order valence-electron chi connectivity index (χ2n) is 2.14. The predicted octanol–water partition coefficient (Wildman–Crippen LogP) is -0.00200. The zero-order valence-electron chi connectivity index (χ0n) is 5.49. The molecule has 1 unspecified atom stereocenters. The molecule has 1 atom stereocenters. The minimum atomic E-state index is -0.861. The fourth-order valence-electron chi connectivity index (χ4n) is 0.889. The molecule has 0 bridgehead atoms. The Morgan fingerprint density at radius 3 is 3.00 bits per heavy atom. The molecule has 3 N–H and O–H groups in total. The van der Waals surface area contributed by atoms with E-state index < -0.39 is 6.09 Å². The number of rotatable bonds is 1. The van der Waals surface area contributed by atoms with Gasteiger partial charge in [-0.3, -0.25) is 4.90 Å². The molecule has 0 radical (unpaired) electrons. The summed E-state index contributed by atoms with van der Waals surface area (Å²) in [5, 5.41) is 8.57. The van der Waals surface area contributed by atoms with E-state index in [-0.39, 0.29) is 6.04 Å². The average Bonchev–Trinajstić information content (AvgIpc) is 2.33. The van der Waals surface area contributed by atoms with Gasteiger partial charge in [0.2, 0.25) is 0 Å². The number of hydrogen-bond acceptors (Lipinski definition) is 3. The van der Waals surface area contributed by atoms with Gasteiger partial charge >= 0.3 is 6.09 Å². The van der Waals surface area contributed by atoms with E-state index in [1.165, 1.54) is 4.90 Å². The Balaban J connectivity index is 2.50. The Kier molecular flexibility index (Phi) is 2.39. The van der Waals surface area contributed by atoms with Crippen LogP contribution in [-0.2, 0) is 0 Å². The second kappa shape index (κ2) is 3.12. The fraction of sp³-hybridized carbons (Fsp3) is 0.800. The summed E-state index contributed by atoms with van der Waals surface area (Å²) in [6.45, 7) is 0.430. The molecule has 10 heavy (non-hydrogen) atoms. The highest BCUT2D eigenvalue weighted by atomic mass is 32.2. The van der Waals surface area contributed by atoms with Crippen LogP contribution in [0.25, 0.3) is 0 Å². The van der Waals surface area contributed by atoms with Gasteiger partial charge in [-0.1, -0.05) is 0 Å². The Labute approximate surface area is 63.4 Å². The zero-order valence-corrected chi connectivity index (χ0v) is 6.30. The topological polar surface area (TPSA) is 66.6 Å². The van der Waals surface area contributed by atoms with Crippen molar-refractivity contribution >= 4 is 17.9 Å². The largest absolute Gasteiger partial charge is 0.465 e. The molecule has 0 aliphatic carbocycles. The predicted molar refractivity (Wildman–Crippen MR) is 40.0 cm³/mol. The molecule has 1 aliphatic rings. The molecule has 1 heterocycles. The Hall–Kier alpha value is -0.420. The van der Waals surface area contributed by atoms with Gasteiger partial charge in [-0.05, 0) is 0 Å². The molecule has 0 aromatic heterocycles. The summed E-state index contributed by atoms with van der Waals surface area (Å²) in [6.07, 6.45) is -0.861. The number of nitrogens with two attached hydrogens (primary N) is 1. The maximum atomic E-state index is 10.4. The lowest BCUT2D eigenvalue weighted by molar-refractivity contribution is 0.144. The van der Waals surface area contributed by atoms with Crippen LogP contribution in [0.3, 0.4) is 0 Å². The molecule has 0 spiro atoms. The van der Waals surface area contributed by atoms with Gasteiger partial charge in [0.05, 0.1) is 11.9 Å². The quantitative estimate of drug-likeness (QED) is 0.569. The van der Waals surface area contributed by atoms with E-state index in [9.17, 15) is 4.79 Å². The Morgan fingerprint density at radius 2 is 2.60 bits per heavy atom. The molecule has 0 aromatic carbocycles. The van der Waals surface area contributed by atoms with Crippen molar-refractivity contribution in [1.29, 1.82) is 0 Å². The summed E-state index contributed by atoms with van der Waals surface area (Å²) in [4.78, 5) is 11.8. The van der Waals surface area contributed by atoms with Gasteiger partial charge in [0.25, 0.3) is 0 Å². The highest BCUT2D eigenvalue weighted by Gasteiger charge is 2.27. The third kappa shape index (κ3) is 1.35. The number of thioether (sulfide) groups is 1. The van der Waals surface area contributed by atoms with Gasteiger partial charge in [0.15, 0.2) is 0 Å². The molecule has 5 heteroatoms. The van der Waals surface area contributed by atoms with Crippen LogP contribution in [0.4, 0.5) is 4.79 Å². The molecule has 0 saturated carbocycles. The van der Waals surface area contributed by atoms with Crippen molar-refractivity contribution < 1.29 is 9.90 Å². The van der Waals surface area contributed by atoms with Crippen LogP contribution in [-0.4, -0.2) is 40.3 Å². The number of hydrogen-bond donors (Lipinski definition) is 2. The molecule has 4 nitrogen and oxygen atoms in total. The van der Waals surface area contributed by atoms with Crippen molar-refractivity contribution in [3.8, 4) is 0 Å². The van der Waals surface area contributed by atoms with Crippen LogP contribution >= 0.6 is 11.8 Å². The van der Waals surface area contributed by atoms with Crippen LogP contribution in [0.15, 0.2) is 0 Å². The Bertz CT molecular complexity index is 142. The number of amides is 1. The molecular weight excluding hydrogens is 152 g/mol. The van der Waals surface area contributed by atoms with Crippen molar-refractivity contribution in [2.75, 3.05) is 18.2 Å². The number of carboxylic acid groups (broad SMARTS) is 1. The summed E-state index contributed by atoms with van der Waals surface area (Å²) < 4.78 is 0. The first-order valence-corrected chi connectivity index (χ1v) is 4.18. The third-order valence-electron chi connectivity index (χ3n) is 1.50. The van der Waals surface area contributed by atoms with Gasteiger partial charge in [0.1, 0.15) is 0 Å². The van der Waals surface area contributed by atoms with Crippen molar-refractivity contribution in [1.82, 2.24) is 4.90 Å². The number of nitrogens with zero attached hydrogens (tertiary/aromatic N) is 1. The monoisotopic (exact) mass is 162 g/mol. The minimum Gasteiger partial charge on any atom is -0.465 e. The van der Waals surface area contributed by atoms with Crippen LogP contribution in [0.5, 0.6) is 0 Å². The van der Waals surface area contributed by atoms with Crippen molar-refractivity contribution in [2.45, 2.75) is 6.04 Å². The Morgan fingerprint density at radius 1 is 1.90 bits per heavy atom. The van der Waals surface area contributed by atoms with E-state index in [0.717, 1.165) is 5.75 Å². The van der Waals surface area contributed by atoms with Crippen LogP contribution in [0, 0.1) is 0 Å². The first kappa shape index (κ1) is 7.68. The molecular formula is C5H10N2O2S. The molecule has 58 valence electrons. The van der Waals surface area contributed by atoms with E-state index in [1.54, 1.807) is 11.8 Å². The van der Waals surface area contributed by atoms with Gasteiger partial charge < -0.3 is 10.8 Å². The van der Waals surface area contributed by atoms with E-state index in [4.69, 9.17) is 10.8 Å². The smallest absolute Gasteiger partial charge is 0.408 e. The lowest BCUT2D eigenvalue weighted by Gasteiger charge is -2.17. The van der Waals surface area contributed by atoms with Gasteiger partial charge in [-0.25, -0.2) is 4.79 Å². The maximum Gasteiger partial charge on any atom is 0.408 e. The zero-order chi connectivity index (χ0) is 7.56. The molecule has 1 amide bonds.